The zero-order valence-corrected chi connectivity index (χ0v) is 20.1. The van der Waals surface area contributed by atoms with Crippen LogP contribution in [-0.2, 0) is 16.0 Å². The molecule has 2 atom stereocenters. The number of hydrogen-bond acceptors (Lipinski definition) is 5. The predicted molar refractivity (Wildman–Crippen MR) is 131 cm³/mol. The van der Waals surface area contributed by atoms with Crippen LogP contribution in [0.1, 0.15) is 29.8 Å². The summed E-state index contributed by atoms with van der Waals surface area (Å²) in [6, 6.07) is 15.3. The van der Waals surface area contributed by atoms with Crippen LogP contribution in [0.15, 0.2) is 48.5 Å². The van der Waals surface area contributed by atoms with Crippen LogP contribution in [0, 0.1) is 0 Å². The highest BCUT2D eigenvalue weighted by Gasteiger charge is 2.60. The molecular weight excluding hydrogens is 444 g/mol. The van der Waals surface area contributed by atoms with Crippen molar-refractivity contribution in [2.24, 2.45) is 0 Å². The second-order valence-electron chi connectivity index (χ2n) is 9.76. The second-order valence-corrected chi connectivity index (χ2v) is 9.76. The lowest BCUT2D eigenvalue weighted by Crippen LogP contribution is -2.53. The molecule has 3 aliphatic rings. The minimum atomic E-state index is -0.964. The van der Waals surface area contributed by atoms with Crippen molar-refractivity contribution in [3.63, 3.8) is 0 Å². The van der Waals surface area contributed by atoms with E-state index in [1.165, 1.54) is 4.90 Å². The van der Waals surface area contributed by atoms with Crippen molar-refractivity contribution >= 4 is 22.8 Å². The molecule has 35 heavy (non-hydrogen) atoms. The lowest BCUT2D eigenvalue weighted by atomic mass is 9.81. The molecule has 3 amide bonds. The molecule has 1 aromatic heterocycles. The maximum absolute atomic E-state index is 13.9. The Hall–Kier alpha value is -3.36. The Morgan fingerprint density at radius 1 is 1.09 bits per heavy atom. The summed E-state index contributed by atoms with van der Waals surface area (Å²) < 4.78 is 10.9. The van der Waals surface area contributed by atoms with Gasteiger partial charge in [-0.3, -0.25) is 19.5 Å². The van der Waals surface area contributed by atoms with Gasteiger partial charge in [0.15, 0.2) is 0 Å². The van der Waals surface area contributed by atoms with E-state index >= 15 is 0 Å². The Morgan fingerprint density at radius 3 is 2.60 bits per heavy atom. The zero-order valence-electron chi connectivity index (χ0n) is 20.1. The molecule has 2 aromatic carbocycles. The third kappa shape index (κ3) is 3.43. The Kier molecular flexibility index (Phi) is 5.30. The van der Waals surface area contributed by atoms with Crippen molar-refractivity contribution < 1.29 is 19.1 Å². The number of benzene rings is 2. The molecule has 8 nitrogen and oxygen atoms in total. The monoisotopic (exact) mass is 474 g/mol. The Balaban J connectivity index is 1.43. The molecule has 2 saturated heterocycles. The first kappa shape index (κ1) is 22.1. The SMILES string of the molecule is COc1ccc2[nH]c3c(c2c1)C[C@@]1(C)C(=O)N(CCN2CCOCC2)C(=O)N1C3c1ccccc1. The number of fused-ring (bicyclic) bond motifs is 4. The predicted octanol–water partition coefficient (Wildman–Crippen LogP) is 3.18. The number of carbonyl (C=O) groups excluding carboxylic acids is 2. The van der Waals surface area contributed by atoms with Crippen molar-refractivity contribution in [3.8, 4) is 5.75 Å². The van der Waals surface area contributed by atoms with E-state index in [0.717, 1.165) is 46.6 Å². The number of rotatable bonds is 5. The number of carbonyl (C=O) groups is 2. The molecule has 0 radical (unpaired) electrons. The van der Waals surface area contributed by atoms with E-state index in [1.807, 2.05) is 55.5 Å². The molecular formula is C27H30N4O4. The van der Waals surface area contributed by atoms with Crippen molar-refractivity contribution in [1.29, 1.82) is 0 Å². The average Bonchev–Trinajstić information content (AvgIpc) is 3.33. The van der Waals surface area contributed by atoms with Gasteiger partial charge in [-0.1, -0.05) is 30.3 Å². The topological polar surface area (TPSA) is 78.1 Å². The summed E-state index contributed by atoms with van der Waals surface area (Å²) in [5, 5.41) is 1.04. The smallest absolute Gasteiger partial charge is 0.328 e. The highest BCUT2D eigenvalue weighted by atomic mass is 16.5. The van der Waals surface area contributed by atoms with Crippen LogP contribution in [0.3, 0.4) is 0 Å². The summed E-state index contributed by atoms with van der Waals surface area (Å²) in [4.78, 5) is 36.9. The standard InChI is InChI=1S/C27H30N4O4/c1-27-17-21-20-16-19(34-2)8-9-22(20)28-23(21)24(18-6-4-3-5-7-18)31(27)26(33)30(25(27)32)11-10-29-12-14-35-15-13-29/h3-9,16,24,28H,10-15,17H2,1-2H3/t24?,27-/m0/s1. The van der Waals surface area contributed by atoms with Gasteiger partial charge in [0.05, 0.1) is 20.3 Å². The van der Waals surface area contributed by atoms with Crippen LogP contribution >= 0.6 is 0 Å². The Bertz CT molecular complexity index is 1280. The first-order chi connectivity index (χ1) is 17.0. The lowest BCUT2D eigenvalue weighted by Gasteiger charge is -2.42. The first-order valence-corrected chi connectivity index (χ1v) is 12.2. The maximum Gasteiger partial charge on any atom is 0.328 e. The molecule has 4 heterocycles. The van der Waals surface area contributed by atoms with Gasteiger partial charge in [0, 0.05) is 49.2 Å². The van der Waals surface area contributed by atoms with Gasteiger partial charge >= 0.3 is 6.03 Å². The highest BCUT2D eigenvalue weighted by Crippen LogP contribution is 2.48. The van der Waals surface area contributed by atoms with Gasteiger partial charge in [-0.2, -0.15) is 0 Å². The number of H-pyrrole nitrogens is 1. The van der Waals surface area contributed by atoms with E-state index in [9.17, 15) is 9.59 Å². The summed E-state index contributed by atoms with van der Waals surface area (Å²) in [7, 11) is 1.65. The van der Waals surface area contributed by atoms with Gasteiger partial charge in [-0.05, 0) is 36.2 Å². The minimum Gasteiger partial charge on any atom is -0.497 e. The molecule has 8 heteroatoms. The molecule has 1 unspecified atom stereocenters. The number of nitrogens with zero attached hydrogens (tertiary/aromatic N) is 3. The molecule has 1 N–H and O–H groups in total. The largest absolute Gasteiger partial charge is 0.497 e. The summed E-state index contributed by atoms with van der Waals surface area (Å²) in [6.45, 7) is 5.98. The fraction of sp³-hybridized carbons (Fsp3) is 0.407. The van der Waals surface area contributed by atoms with Crippen LogP contribution < -0.4 is 4.74 Å². The van der Waals surface area contributed by atoms with Crippen LogP contribution in [0.5, 0.6) is 5.75 Å². The van der Waals surface area contributed by atoms with Gasteiger partial charge in [-0.25, -0.2) is 4.79 Å². The molecule has 0 aliphatic carbocycles. The number of imide groups is 1. The van der Waals surface area contributed by atoms with Gasteiger partial charge in [0.2, 0.25) is 0 Å². The summed E-state index contributed by atoms with van der Waals surface area (Å²) in [6.07, 6.45) is 0.456. The van der Waals surface area contributed by atoms with Crippen molar-refractivity contribution in [3.05, 3.63) is 65.4 Å². The summed E-state index contributed by atoms with van der Waals surface area (Å²) in [5.74, 6) is 0.642. The molecule has 0 spiro atoms. The summed E-state index contributed by atoms with van der Waals surface area (Å²) in [5.41, 5.74) is 3.03. The zero-order chi connectivity index (χ0) is 24.2. The lowest BCUT2D eigenvalue weighted by molar-refractivity contribution is -0.133. The van der Waals surface area contributed by atoms with Crippen LogP contribution in [-0.4, -0.2) is 83.7 Å². The molecule has 6 rings (SSSR count). The third-order valence-electron chi connectivity index (χ3n) is 7.73. The number of urea groups is 1. The molecule has 0 saturated carbocycles. The fourth-order valence-electron chi connectivity index (χ4n) is 5.86. The maximum atomic E-state index is 13.9. The number of hydrogen-bond donors (Lipinski definition) is 1. The van der Waals surface area contributed by atoms with Gasteiger partial charge in [-0.15, -0.1) is 0 Å². The molecule has 2 fully saturated rings. The van der Waals surface area contributed by atoms with Gasteiger partial charge < -0.3 is 14.5 Å². The number of nitrogens with one attached hydrogen (secondary N) is 1. The molecule has 3 aromatic rings. The van der Waals surface area contributed by atoms with Crippen LogP contribution in [0.4, 0.5) is 4.79 Å². The number of morpholine rings is 1. The number of amides is 3. The van der Waals surface area contributed by atoms with Gasteiger partial charge in [0.1, 0.15) is 17.3 Å². The van der Waals surface area contributed by atoms with Gasteiger partial charge in [0.25, 0.3) is 5.91 Å². The molecule has 3 aliphatic heterocycles. The van der Waals surface area contributed by atoms with E-state index < -0.39 is 5.54 Å². The average molecular weight is 475 g/mol. The summed E-state index contributed by atoms with van der Waals surface area (Å²) >= 11 is 0. The Labute approximate surface area is 204 Å². The Morgan fingerprint density at radius 2 is 1.86 bits per heavy atom. The third-order valence-corrected chi connectivity index (χ3v) is 7.73. The fourth-order valence-corrected chi connectivity index (χ4v) is 5.86. The van der Waals surface area contributed by atoms with E-state index in [2.05, 4.69) is 9.88 Å². The normalized spacial score (nSPS) is 24.7. The number of aromatic amines is 1. The van der Waals surface area contributed by atoms with Crippen LogP contribution in [0.2, 0.25) is 0 Å². The number of ether oxygens (including phenoxy) is 2. The van der Waals surface area contributed by atoms with E-state index in [1.54, 1.807) is 12.0 Å². The minimum absolute atomic E-state index is 0.125. The molecule has 0 bridgehead atoms. The van der Waals surface area contributed by atoms with Crippen molar-refractivity contribution in [2.75, 3.05) is 46.5 Å². The highest BCUT2D eigenvalue weighted by molar-refractivity contribution is 6.08. The number of aromatic nitrogens is 1. The second kappa shape index (κ2) is 8.39. The number of methoxy groups -OCH3 is 1. The molecule has 182 valence electrons. The van der Waals surface area contributed by atoms with E-state index in [4.69, 9.17) is 9.47 Å². The van der Waals surface area contributed by atoms with E-state index in [0.29, 0.717) is 32.7 Å². The van der Waals surface area contributed by atoms with Crippen molar-refractivity contribution in [1.82, 2.24) is 19.7 Å². The quantitative estimate of drug-likeness (QED) is 0.575. The van der Waals surface area contributed by atoms with Crippen LogP contribution in [0.25, 0.3) is 10.9 Å². The first-order valence-electron chi connectivity index (χ1n) is 12.2. The van der Waals surface area contributed by atoms with E-state index in [-0.39, 0.29) is 18.0 Å². The van der Waals surface area contributed by atoms with Crippen molar-refractivity contribution in [2.45, 2.75) is 24.9 Å².